The maximum atomic E-state index is 12.0. The predicted molar refractivity (Wildman–Crippen MR) is 95.1 cm³/mol. The summed E-state index contributed by atoms with van der Waals surface area (Å²) in [6, 6.07) is 15.1. The quantitative estimate of drug-likeness (QED) is 0.540. The lowest BCUT2D eigenvalue weighted by molar-refractivity contribution is 0.561. The van der Waals surface area contributed by atoms with Gasteiger partial charge in [-0.05, 0) is 30.3 Å². The third-order valence-corrected chi connectivity index (χ3v) is 4.04. The Labute approximate surface area is 142 Å². The fourth-order valence-electron chi connectivity index (χ4n) is 2.69. The van der Waals surface area contributed by atoms with Gasteiger partial charge in [0.15, 0.2) is 0 Å². The number of aryl methyl sites for hydroxylation is 2. The molecule has 4 aromatic rings. The van der Waals surface area contributed by atoms with Crippen molar-refractivity contribution in [1.29, 1.82) is 0 Å². The third-order valence-electron chi connectivity index (χ3n) is 4.04. The molecule has 25 heavy (non-hydrogen) atoms. The monoisotopic (exact) mass is 333 g/mol. The van der Waals surface area contributed by atoms with Crippen LogP contribution in [0.4, 0.5) is 5.69 Å². The molecule has 2 heterocycles. The lowest BCUT2D eigenvalue weighted by Gasteiger charge is -1.96. The van der Waals surface area contributed by atoms with Gasteiger partial charge in [-0.3, -0.25) is 14.1 Å². The van der Waals surface area contributed by atoms with Gasteiger partial charge in [-0.15, -0.1) is 10.2 Å². The number of nitrogens with zero attached hydrogens (tertiary/aromatic N) is 5. The van der Waals surface area contributed by atoms with E-state index < -0.39 is 0 Å². The molecule has 0 saturated carbocycles. The van der Waals surface area contributed by atoms with Crippen LogP contribution in [0.2, 0.25) is 0 Å². The van der Waals surface area contributed by atoms with Gasteiger partial charge in [0.25, 0.3) is 5.89 Å². The molecule has 2 aromatic carbocycles. The number of hydrogen-bond donors (Lipinski definition) is 0. The van der Waals surface area contributed by atoms with E-state index in [9.17, 15) is 4.79 Å². The highest BCUT2D eigenvalue weighted by Crippen LogP contribution is 2.20. The Morgan fingerprint density at radius 1 is 1.00 bits per heavy atom. The first-order valence-corrected chi connectivity index (χ1v) is 7.72. The van der Waals surface area contributed by atoms with Gasteiger partial charge in [0.05, 0.1) is 22.9 Å². The summed E-state index contributed by atoms with van der Waals surface area (Å²) in [7, 11) is 3.49. The summed E-state index contributed by atoms with van der Waals surface area (Å²) in [4.78, 5) is 16.3. The van der Waals surface area contributed by atoms with Crippen LogP contribution in [0.25, 0.3) is 22.5 Å². The summed E-state index contributed by atoms with van der Waals surface area (Å²) in [5.74, 6) is 0.767. The molecule has 0 atom stereocenters. The number of fused-ring (bicyclic) bond motifs is 1. The standard InChI is InChI=1S/C18H15N5O2/c1-22-14-9-8-13(10-15(14)23(2)18(22)24)19-11-16-20-21-17(25-16)12-6-4-3-5-7-12/h3-11H,1-2H3. The SMILES string of the molecule is Cn1c(=O)n(C)c2cc(N=Cc3nnc(-c4ccccc4)o3)ccc21. The van der Waals surface area contributed by atoms with Crippen molar-refractivity contribution >= 4 is 22.9 Å². The number of hydrogen-bond acceptors (Lipinski definition) is 5. The molecule has 7 nitrogen and oxygen atoms in total. The average Bonchev–Trinajstić information content (AvgIpc) is 3.21. The van der Waals surface area contributed by atoms with Crippen molar-refractivity contribution in [3.05, 3.63) is 64.9 Å². The molecule has 0 N–H and O–H groups in total. The van der Waals surface area contributed by atoms with Crippen molar-refractivity contribution in [3.8, 4) is 11.5 Å². The van der Waals surface area contributed by atoms with Crippen LogP contribution < -0.4 is 5.69 Å². The Morgan fingerprint density at radius 3 is 2.56 bits per heavy atom. The van der Waals surface area contributed by atoms with Gasteiger partial charge >= 0.3 is 5.69 Å². The van der Waals surface area contributed by atoms with E-state index in [4.69, 9.17) is 4.42 Å². The van der Waals surface area contributed by atoms with Crippen LogP contribution in [-0.2, 0) is 14.1 Å². The first-order valence-electron chi connectivity index (χ1n) is 7.72. The third kappa shape index (κ3) is 2.65. The Kier molecular flexibility index (Phi) is 3.53. The van der Waals surface area contributed by atoms with Gasteiger partial charge in [-0.25, -0.2) is 4.79 Å². The smallest absolute Gasteiger partial charge is 0.328 e. The van der Waals surface area contributed by atoms with E-state index in [2.05, 4.69) is 15.2 Å². The highest BCUT2D eigenvalue weighted by Gasteiger charge is 2.08. The van der Waals surface area contributed by atoms with Crippen molar-refractivity contribution in [2.75, 3.05) is 0 Å². The van der Waals surface area contributed by atoms with Gasteiger partial charge in [-0.1, -0.05) is 18.2 Å². The fourth-order valence-corrected chi connectivity index (χ4v) is 2.69. The number of rotatable bonds is 3. The molecule has 124 valence electrons. The zero-order valence-electron chi connectivity index (χ0n) is 13.7. The lowest BCUT2D eigenvalue weighted by Crippen LogP contribution is -2.19. The van der Waals surface area contributed by atoms with Gasteiger partial charge in [0, 0.05) is 19.7 Å². The van der Waals surface area contributed by atoms with Crippen LogP contribution in [0.3, 0.4) is 0 Å². The van der Waals surface area contributed by atoms with Gasteiger partial charge < -0.3 is 4.42 Å². The van der Waals surface area contributed by atoms with Crippen molar-refractivity contribution in [2.45, 2.75) is 0 Å². The van der Waals surface area contributed by atoms with E-state index in [1.54, 1.807) is 23.2 Å². The van der Waals surface area contributed by atoms with Crippen LogP contribution >= 0.6 is 0 Å². The highest BCUT2D eigenvalue weighted by atomic mass is 16.4. The van der Waals surface area contributed by atoms with Crippen molar-refractivity contribution in [2.24, 2.45) is 19.1 Å². The zero-order valence-corrected chi connectivity index (χ0v) is 13.7. The molecule has 0 spiro atoms. The van der Waals surface area contributed by atoms with E-state index in [0.29, 0.717) is 17.5 Å². The van der Waals surface area contributed by atoms with Crippen molar-refractivity contribution < 1.29 is 4.42 Å². The van der Waals surface area contributed by atoms with Crippen LogP contribution in [0, 0.1) is 0 Å². The van der Waals surface area contributed by atoms with Crippen LogP contribution in [0.15, 0.2) is 62.7 Å². The summed E-state index contributed by atoms with van der Waals surface area (Å²) in [6.45, 7) is 0. The number of aromatic nitrogens is 4. The first-order chi connectivity index (χ1) is 12.1. The molecular formula is C18H15N5O2. The van der Waals surface area contributed by atoms with Crippen LogP contribution in [0.5, 0.6) is 0 Å². The maximum absolute atomic E-state index is 12.0. The van der Waals surface area contributed by atoms with E-state index in [0.717, 1.165) is 16.6 Å². The Hall–Kier alpha value is -3.48. The van der Waals surface area contributed by atoms with Crippen LogP contribution in [0.1, 0.15) is 5.89 Å². The number of imidazole rings is 1. The maximum Gasteiger partial charge on any atom is 0.328 e. The summed E-state index contributed by atoms with van der Waals surface area (Å²) in [6.07, 6.45) is 1.52. The summed E-state index contributed by atoms with van der Waals surface area (Å²) in [5.41, 5.74) is 3.16. The molecule has 0 unspecified atom stereocenters. The number of benzene rings is 2. The fraction of sp³-hybridized carbons (Fsp3) is 0.111. The van der Waals surface area contributed by atoms with E-state index in [1.807, 2.05) is 48.5 Å². The minimum Gasteiger partial charge on any atom is -0.415 e. The topological polar surface area (TPSA) is 78.2 Å². The Balaban J connectivity index is 1.64. The number of aliphatic imine (C=N–C) groups is 1. The molecular weight excluding hydrogens is 318 g/mol. The second-order valence-electron chi connectivity index (χ2n) is 5.64. The zero-order chi connectivity index (χ0) is 17.4. The predicted octanol–water partition coefficient (Wildman–Crippen LogP) is 2.68. The Morgan fingerprint density at radius 2 is 1.76 bits per heavy atom. The average molecular weight is 333 g/mol. The molecule has 0 aliphatic carbocycles. The van der Waals surface area contributed by atoms with Crippen molar-refractivity contribution in [3.63, 3.8) is 0 Å². The minimum atomic E-state index is -0.0690. The Bertz CT molecular complexity index is 1140. The summed E-state index contributed by atoms with van der Waals surface area (Å²) >= 11 is 0. The van der Waals surface area contributed by atoms with Crippen LogP contribution in [-0.4, -0.2) is 25.5 Å². The second-order valence-corrected chi connectivity index (χ2v) is 5.64. The molecule has 0 radical (unpaired) electrons. The highest BCUT2D eigenvalue weighted by molar-refractivity contribution is 5.82. The summed E-state index contributed by atoms with van der Waals surface area (Å²) in [5, 5.41) is 8.00. The lowest BCUT2D eigenvalue weighted by atomic mass is 10.2. The van der Waals surface area contributed by atoms with Crippen molar-refractivity contribution in [1.82, 2.24) is 19.3 Å². The summed E-state index contributed by atoms with van der Waals surface area (Å²) < 4.78 is 8.79. The van der Waals surface area contributed by atoms with Gasteiger partial charge in [0.2, 0.25) is 5.89 Å². The molecule has 0 bridgehead atoms. The molecule has 2 aromatic heterocycles. The molecule has 0 amide bonds. The molecule has 0 aliphatic heterocycles. The first kappa shape index (κ1) is 15.1. The molecule has 4 rings (SSSR count). The molecule has 0 saturated heterocycles. The van der Waals surface area contributed by atoms with Gasteiger partial charge in [-0.2, -0.15) is 0 Å². The molecule has 7 heteroatoms. The second kappa shape index (κ2) is 5.86. The molecule has 0 fully saturated rings. The minimum absolute atomic E-state index is 0.0690. The normalized spacial score (nSPS) is 11.6. The van der Waals surface area contributed by atoms with E-state index in [-0.39, 0.29) is 5.69 Å². The van der Waals surface area contributed by atoms with E-state index in [1.165, 1.54) is 6.21 Å². The van der Waals surface area contributed by atoms with Gasteiger partial charge in [0.1, 0.15) is 0 Å². The largest absolute Gasteiger partial charge is 0.415 e. The molecule has 0 aliphatic rings. The van der Waals surface area contributed by atoms with E-state index >= 15 is 0 Å².